The van der Waals surface area contributed by atoms with Crippen LogP contribution in [0.4, 0.5) is 0 Å². The van der Waals surface area contributed by atoms with Gasteiger partial charge in [-0.1, -0.05) is 0 Å². The first-order chi connectivity index (χ1) is 6.76. The van der Waals surface area contributed by atoms with E-state index in [-0.39, 0.29) is 0 Å². The van der Waals surface area contributed by atoms with Crippen molar-refractivity contribution in [1.82, 2.24) is 0 Å². The van der Waals surface area contributed by atoms with Crippen LogP contribution in [0.1, 0.15) is 13.8 Å². The molecule has 0 N–H and O–H groups in total. The molecule has 0 atom stereocenters. The monoisotopic (exact) mass is 234 g/mol. The molecule has 0 unspecified atom stereocenters. The van der Waals surface area contributed by atoms with E-state index in [1.165, 1.54) is 23.5 Å². The third-order valence-corrected chi connectivity index (χ3v) is 4.31. The quantitative estimate of drug-likeness (QED) is 0.548. The molecule has 80 valence electrons. The van der Waals surface area contributed by atoms with Crippen LogP contribution in [0.5, 0.6) is 0 Å². The van der Waals surface area contributed by atoms with Crippen LogP contribution >= 0.6 is 23.5 Å². The van der Waals surface area contributed by atoms with Gasteiger partial charge in [-0.25, -0.2) is 4.79 Å². The van der Waals surface area contributed by atoms with Crippen molar-refractivity contribution in [3.63, 3.8) is 0 Å². The molecule has 1 aliphatic heterocycles. The Morgan fingerprint density at radius 2 is 1.79 bits per heavy atom. The van der Waals surface area contributed by atoms with Crippen molar-refractivity contribution in [3.8, 4) is 0 Å². The van der Waals surface area contributed by atoms with Crippen LogP contribution in [0.15, 0.2) is 4.24 Å². The van der Waals surface area contributed by atoms with E-state index < -0.39 is 5.79 Å². The van der Waals surface area contributed by atoms with Crippen LogP contribution < -0.4 is 0 Å². The topological polar surface area (TPSA) is 35.5 Å². The van der Waals surface area contributed by atoms with Gasteiger partial charge >= 0.3 is 0 Å². The molecule has 1 heterocycles. The first-order valence-electron chi connectivity index (χ1n) is 4.55. The zero-order valence-electron chi connectivity index (χ0n) is 8.37. The van der Waals surface area contributed by atoms with Gasteiger partial charge in [-0.2, -0.15) is 0 Å². The lowest BCUT2D eigenvalue weighted by atomic mass is 10.3. The Hall–Kier alpha value is 0.0700. The lowest BCUT2D eigenvalue weighted by Gasteiger charge is -2.35. The molecule has 0 radical (unpaired) electrons. The molecule has 0 bridgehead atoms. The summed E-state index contributed by atoms with van der Waals surface area (Å²) in [6.07, 6.45) is 0. The van der Waals surface area contributed by atoms with E-state index in [0.29, 0.717) is 29.0 Å². The maximum atomic E-state index is 10.4. The summed E-state index contributed by atoms with van der Waals surface area (Å²) in [4.78, 5) is 10.4. The fourth-order valence-corrected chi connectivity index (χ4v) is 3.40. The SMILES string of the molecule is CCOC1(OCC)CSC(=C=O)SC1. The van der Waals surface area contributed by atoms with Crippen molar-refractivity contribution in [1.29, 1.82) is 0 Å². The smallest absolute Gasteiger partial charge is 0.187 e. The maximum Gasteiger partial charge on any atom is 0.187 e. The fraction of sp³-hybridized carbons (Fsp3) is 0.778. The van der Waals surface area contributed by atoms with Gasteiger partial charge < -0.3 is 9.47 Å². The second kappa shape index (κ2) is 5.83. The predicted molar refractivity (Wildman–Crippen MR) is 60.1 cm³/mol. The average Bonchev–Trinajstić information content (AvgIpc) is 2.20. The van der Waals surface area contributed by atoms with E-state index in [1.54, 1.807) is 0 Å². The fourth-order valence-electron chi connectivity index (χ4n) is 1.23. The molecular formula is C9H14O3S2. The van der Waals surface area contributed by atoms with Crippen molar-refractivity contribution in [2.24, 2.45) is 0 Å². The number of carbonyl (C=O) groups excluding carboxylic acids is 1. The molecule has 0 aliphatic carbocycles. The minimum atomic E-state index is -0.515. The van der Waals surface area contributed by atoms with Gasteiger partial charge in [0.25, 0.3) is 0 Å². The maximum absolute atomic E-state index is 10.4. The van der Waals surface area contributed by atoms with Crippen LogP contribution in [0.25, 0.3) is 0 Å². The van der Waals surface area contributed by atoms with Crippen LogP contribution in [-0.2, 0) is 14.3 Å². The van der Waals surface area contributed by atoms with Gasteiger partial charge in [-0.15, -0.1) is 23.5 Å². The third kappa shape index (κ3) is 3.04. The van der Waals surface area contributed by atoms with Crippen LogP contribution in [-0.4, -0.2) is 36.4 Å². The minimum Gasteiger partial charge on any atom is -0.349 e. The molecule has 0 saturated carbocycles. The zero-order chi connectivity index (χ0) is 10.4. The minimum absolute atomic E-state index is 0.515. The summed E-state index contributed by atoms with van der Waals surface area (Å²) in [7, 11) is 0. The Bertz CT molecular complexity index is 218. The van der Waals surface area contributed by atoms with Crippen LogP contribution in [0.3, 0.4) is 0 Å². The van der Waals surface area contributed by atoms with E-state index in [9.17, 15) is 4.79 Å². The first kappa shape index (κ1) is 12.1. The van der Waals surface area contributed by atoms with Crippen molar-refractivity contribution in [2.75, 3.05) is 24.7 Å². The van der Waals surface area contributed by atoms with E-state index in [4.69, 9.17) is 9.47 Å². The molecule has 0 aromatic carbocycles. The molecule has 0 aromatic rings. The summed E-state index contributed by atoms with van der Waals surface area (Å²) in [5.74, 6) is 2.74. The summed E-state index contributed by atoms with van der Waals surface area (Å²) in [6.45, 7) is 5.14. The Labute approximate surface area is 92.6 Å². The largest absolute Gasteiger partial charge is 0.349 e. The number of ether oxygens (including phenoxy) is 2. The van der Waals surface area contributed by atoms with Gasteiger partial charge in [-0.3, -0.25) is 0 Å². The lowest BCUT2D eigenvalue weighted by molar-refractivity contribution is -0.200. The molecule has 3 nitrogen and oxygen atoms in total. The second-order valence-electron chi connectivity index (χ2n) is 2.74. The molecule has 1 saturated heterocycles. The standard InChI is InChI=1S/C9H14O3S2/c1-3-11-9(12-4-2)6-13-8(5-10)14-7-9/h3-4,6-7H2,1-2H3. The van der Waals surface area contributed by atoms with Gasteiger partial charge in [0.05, 0.1) is 11.5 Å². The normalized spacial score (nSPS) is 20.6. The highest BCUT2D eigenvalue weighted by molar-refractivity contribution is 8.23. The molecular weight excluding hydrogens is 220 g/mol. The van der Waals surface area contributed by atoms with Gasteiger partial charge in [0.1, 0.15) is 10.2 Å². The molecule has 0 aromatic heterocycles. The Morgan fingerprint density at radius 1 is 1.29 bits per heavy atom. The summed E-state index contributed by atoms with van der Waals surface area (Å²) < 4.78 is 11.9. The van der Waals surface area contributed by atoms with Gasteiger partial charge in [0.15, 0.2) is 5.79 Å². The predicted octanol–water partition coefficient (Wildman–Crippen LogP) is 1.91. The van der Waals surface area contributed by atoms with Crippen LogP contribution in [0.2, 0.25) is 0 Å². The summed E-state index contributed by atoms with van der Waals surface area (Å²) in [6, 6.07) is 0. The van der Waals surface area contributed by atoms with E-state index in [0.717, 1.165) is 0 Å². The summed E-state index contributed by atoms with van der Waals surface area (Å²) >= 11 is 2.91. The Morgan fingerprint density at radius 3 is 2.14 bits per heavy atom. The number of hydrogen-bond donors (Lipinski definition) is 0. The summed E-state index contributed by atoms with van der Waals surface area (Å²) in [5.41, 5.74) is 0. The van der Waals surface area contributed by atoms with E-state index in [1.807, 2.05) is 19.8 Å². The van der Waals surface area contributed by atoms with Crippen molar-refractivity contribution in [2.45, 2.75) is 19.6 Å². The lowest BCUT2D eigenvalue weighted by Crippen LogP contribution is -2.43. The van der Waals surface area contributed by atoms with E-state index >= 15 is 0 Å². The zero-order valence-corrected chi connectivity index (χ0v) is 10.0. The van der Waals surface area contributed by atoms with Crippen molar-refractivity contribution in [3.05, 3.63) is 4.24 Å². The number of thioether (sulfide) groups is 2. The summed E-state index contributed by atoms with van der Waals surface area (Å²) in [5, 5.41) is 0. The molecule has 1 aliphatic rings. The molecule has 0 amide bonds. The highest BCUT2D eigenvalue weighted by Gasteiger charge is 2.36. The number of rotatable bonds is 4. The highest BCUT2D eigenvalue weighted by Crippen LogP contribution is 2.39. The molecule has 0 spiro atoms. The third-order valence-electron chi connectivity index (χ3n) is 1.74. The Balaban J connectivity index is 2.58. The average molecular weight is 234 g/mol. The van der Waals surface area contributed by atoms with Crippen molar-refractivity contribution < 1.29 is 14.3 Å². The molecule has 1 rings (SSSR count). The van der Waals surface area contributed by atoms with E-state index in [2.05, 4.69) is 0 Å². The van der Waals surface area contributed by atoms with Crippen molar-refractivity contribution >= 4 is 29.5 Å². The second-order valence-corrected chi connectivity index (χ2v) is 4.97. The van der Waals surface area contributed by atoms with Gasteiger partial charge in [0.2, 0.25) is 0 Å². The number of hydrogen-bond acceptors (Lipinski definition) is 5. The molecule has 1 fully saturated rings. The molecule has 14 heavy (non-hydrogen) atoms. The van der Waals surface area contributed by atoms with Gasteiger partial charge in [-0.05, 0) is 13.8 Å². The first-order valence-corrected chi connectivity index (χ1v) is 6.52. The van der Waals surface area contributed by atoms with Crippen LogP contribution in [0, 0.1) is 0 Å². The Kier molecular flexibility index (Phi) is 5.06. The highest BCUT2D eigenvalue weighted by atomic mass is 32.2. The van der Waals surface area contributed by atoms with Gasteiger partial charge in [0, 0.05) is 13.2 Å². The molecule has 5 heteroatoms.